The second-order valence-corrected chi connectivity index (χ2v) is 6.69. The highest BCUT2D eigenvalue weighted by atomic mass is 32.1. The fourth-order valence-corrected chi connectivity index (χ4v) is 3.97. The number of nitrogens with zero attached hydrogens (tertiary/aromatic N) is 2. The van der Waals surface area contributed by atoms with Crippen molar-refractivity contribution in [3.05, 3.63) is 28.0 Å². The Morgan fingerprint density at radius 3 is 3.10 bits per heavy atom. The van der Waals surface area contributed by atoms with Crippen LogP contribution in [0.1, 0.15) is 22.6 Å². The summed E-state index contributed by atoms with van der Waals surface area (Å²) in [6, 6.07) is 4.39. The molecular formula is C15H18N2O3S. The first-order chi connectivity index (χ1) is 10.1. The van der Waals surface area contributed by atoms with Crippen molar-refractivity contribution in [1.82, 2.24) is 9.80 Å². The molecule has 6 heteroatoms. The molecule has 1 atom stereocenters. The van der Waals surface area contributed by atoms with Crippen molar-refractivity contribution in [1.29, 1.82) is 0 Å². The molecule has 1 amide bonds. The third-order valence-corrected chi connectivity index (χ3v) is 5.07. The van der Waals surface area contributed by atoms with Gasteiger partial charge in [0.25, 0.3) is 0 Å². The smallest absolute Gasteiger partial charge is 0.328 e. The van der Waals surface area contributed by atoms with Crippen molar-refractivity contribution in [2.45, 2.75) is 25.4 Å². The quantitative estimate of drug-likeness (QED) is 0.859. The van der Waals surface area contributed by atoms with Crippen LogP contribution in [-0.2, 0) is 16.1 Å². The molecule has 0 aromatic carbocycles. The number of amides is 1. The van der Waals surface area contributed by atoms with Crippen molar-refractivity contribution in [2.75, 3.05) is 19.6 Å². The molecule has 2 saturated heterocycles. The minimum Gasteiger partial charge on any atom is -0.478 e. The van der Waals surface area contributed by atoms with Gasteiger partial charge in [-0.05, 0) is 24.6 Å². The van der Waals surface area contributed by atoms with Gasteiger partial charge in [0, 0.05) is 54.5 Å². The van der Waals surface area contributed by atoms with Crippen molar-refractivity contribution in [2.24, 2.45) is 0 Å². The minimum atomic E-state index is -0.924. The van der Waals surface area contributed by atoms with Gasteiger partial charge in [0.1, 0.15) is 0 Å². The van der Waals surface area contributed by atoms with Crippen molar-refractivity contribution < 1.29 is 14.7 Å². The number of carboxylic acid groups (broad SMARTS) is 1. The summed E-state index contributed by atoms with van der Waals surface area (Å²) >= 11 is 1.62. The molecule has 0 spiro atoms. The lowest BCUT2D eigenvalue weighted by Crippen LogP contribution is -2.50. The van der Waals surface area contributed by atoms with Gasteiger partial charge in [0.05, 0.1) is 0 Å². The predicted molar refractivity (Wildman–Crippen MR) is 81.0 cm³/mol. The van der Waals surface area contributed by atoms with Crippen LogP contribution in [0, 0.1) is 0 Å². The monoisotopic (exact) mass is 306 g/mol. The van der Waals surface area contributed by atoms with E-state index in [1.807, 2.05) is 11.0 Å². The Hall–Kier alpha value is -1.66. The molecule has 21 heavy (non-hydrogen) atoms. The predicted octanol–water partition coefficient (Wildman–Crippen LogP) is 1.65. The first kappa shape index (κ1) is 14.3. The van der Waals surface area contributed by atoms with E-state index in [4.69, 9.17) is 5.11 Å². The summed E-state index contributed by atoms with van der Waals surface area (Å²) in [4.78, 5) is 28.8. The number of piperazine rings is 1. The van der Waals surface area contributed by atoms with Gasteiger partial charge in [-0.15, -0.1) is 11.3 Å². The SMILES string of the molecule is O=C(O)/C=C/c1ccc(CN2CCN3C(=O)CCC3C2)s1. The van der Waals surface area contributed by atoms with Gasteiger partial charge < -0.3 is 10.0 Å². The molecule has 0 radical (unpaired) electrons. The fourth-order valence-electron chi connectivity index (χ4n) is 3.02. The molecule has 2 aliphatic heterocycles. The molecule has 2 fully saturated rings. The topological polar surface area (TPSA) is 60.9 Å². The van der Waals surface area contributed by atoms with Crippen LogP contribution in [0.4, 0.5) is 0 Å². The zero-order valence-electron chi connectivity index (χ0n) is 11.7. The molecule has 1 unspecified atom stereocenters. The van der Waals surface area contributed by atoms with Crippen molar-refractivity contribution in [3.63, 3.8) is 0 Å². The average molecular weight is 306 g/mol. The van der Waals surface area contributed by atoms with E-state index < -0.39 is 5.97 Å². The average Bonchev–Trinajstić information content (AvgIpc) is 3.04. The van der Waals surface area contributed by atoms with Crippen molar-refractivity contribution >= 4 is 29.3 Å². The van der Waals surface area contributed by atoms with Crippen LogP contribution >= 0.6 is 11.3 Å². The largest absolute Gasteiger partial charge is 0.478 e. The number of thiophene rings is 1. The Balaban J connectivity index is 1.58. The molecule has 1 aromatic heterocycles. The van der Waals surface area contributed by atoms with Crippen molar-refractivity contribution in [3.8, 4) is 0 Å². The zero-order chi connectivity index (χ0) is 14.8. The van der Waals surface area contributed by atoms with Crippen LogP contribution in [0.15, 0.2) is 18.2 Å². The van der Waals surface area contributed by atoms with Gasteiger partial charge >= 0.3 is 5.97 Å². The van der Waals surface area contributed by atoms with E-state index in [0.29, 0.717) is 18.4 Å². The maximum absolute atomic E-state index is 11.7. The molecule has 1 N–H and O–H groups in total. The molecular weight excluding hydrogens is 288 g/mol. The number of fused-ring (bicyclic) bond motifs is 1. The summed E-state index contributed by atoms with van der Waals surface area (Å²) in [5.74, 6) is -0.621. The molecule has 2 aliphatic rings. The maximum atomic E-state index is 11.7. The van der Waals surface area contributed by atoms with E-state index in [1.165, 1.54) is 11.0 Å². The lowest BCUT2D eigenvalue weighted by molar-refractivity contribution is -0.132. The van der Waals surface area contributed by atoms with E-state index in [1.54, 1.807) is 17.4 Å². The van der Waals surface area contributed by atoms with E-state index in [-0.39, 0.29) is 0 Å². The van der Waals surface area contributed by atoms with Crippen LogP contribution < -0.4 is 0 Å². The lowest BCUT2D eigenvalue weighted by atomic mass is 10.1. The third kappa shape index (κ3) is 3.33. The summed E-state index contributed by atoms with van der Waals surface area (Å²) < 4.78 is 0. The Morgan fingerprint density at radius 1 is 1.43 bits per heavy atom. The summed E-state index contributed by atoms with van der Waals surface area (Å²) in [5.41, 5.74) is 0. The van der Waals surface area contributed by atoms with E-state index >= 15 is 0 Å². The minimum absolute atomic E-state index is 0.303. The van der Waals surface area contributed by atoms with Gasteiger partial charge in [-0.25, -0.2) is 4.79 Å². The molecule has 0 bridgehead atoms. The van der Waals surface area contributed by atoms with E-state index in [0.717, 1.165) is 37.5 Å². The summed E-state index contributed by atoms with van der Waals surface area (Å²) in [6.07, 6.45) is 4.47. The molecule has 1 aromatic rings. The maximum Gasteiger partial charge on any atom is 0.328 e. The number of hydrogen-bond acceptors (Lipinski definition) is 4. The van der Waals surface area contributed by atoms with Gasteiger partial charge in [-0.1, -0.05) is 0 Å². The number of aliphatic carboxylic acids is 1. The van der Waals surface area contributed by atoms with Gasteiger partial charge in [0.15, 0.2) is 0 Å². The van der Waals surface area contributed by atoms with Gasteiger partial charge in [0.2, 0.25) is 5.91 Å². The summed E-state index contributed by atoms with van der Waals surface area (Å²) in [6.45, 7) is 3.58. The standard InChI is InChI=1S/C15H18N2O3S/c18-14-5-1-11-9-16(7-8-17(11)14)10-13-3-2-12(21-13)4-6-15(19)20/h2-4,6,11H,1,5,7-10H2,(H,19,20)/b6-4+. The lowest BCUT2D eigenvalue weighted by Gasteiger charge is -2.37. The fraction of sp³-hybridized carbons (Fsp3) is 0.467. The second-order valence-electron chi connectivity index (χ2n) is 5.49. The highest BCUT2D eigenvalue weighted by Gasteiger charge is 2.35. The molecule has 5 nitrogen and oxygen atoms in total. The van der Waals surface area contributed by atoms with Crippen LogP contribution in [0.25, 0.3) is 6.08 Å². The highest BCUT2D eigenvalue weighted by Crippen LogP contribution is 2.25. The normalized spacial score (nSPS) is 23.0. The molecule has 3 rings (SSSR count). The summed E-state index contributed by atoms with van der Waals surface area (Å²) in [5, 5.41) is 8.63. The second kappa shape index (κ2) is 5.99. The Labute approximate surface area is 127 Å². The first-order valence-corrected chi connectivity index (χ1v) is 7.95. The number of carbonyl (C=O) groups excluding carboxylic acids is 1. The zero-order valence-corrected chi connectivity index (χ0v) is 12.5. The molecule has 0 saturated carbocycles. The Kier molecular flexibility index (Phi) is 4.07. The molecule has 3 heterocycles. The third-order valence-electron chi connectivity index (χ3n) is 4.03. The number of carboxylic acids is 1. The van der Waals surface area contributed by atoms with Gasteiger partial charge in [-0.2, -0.15) is 0 Å². The number of rotatable bonds is 4. The van der Waals surface area contributed by atoms with Gasteiger partial charge in [-0.3, -0.25) is 9.69 Å². The summed E-state index contributed by atoms with van der Waals surface area (Å²) in [7, 11) is 0. The first-order valence-electron chi connectivity index (χ1n) is 7.13. The number of carbonyl (C=O) groups is 2. The van der Waals surface area contributed by atoms with Crippen LogP contribution in [0.2, 0.25) is 0 Å². The van der Waals surface area contributed by atoms with E-state index in [9.17, 15) is 9.59 Å². The van der Waals surface area contributed by atoms with Crippen LogP contribution in [-0.4, -0.2) is 52.5 Å². The number of hydrogen-bond donors (Lipinski definition) is 1. The molecule has 0 aliphatic carbocycles. The Morgan fingerprint density at radius 2 is 2.29 bits per heavy atom. The highest BCUT2D eigenvalue weighted by molar-refractivity contribution is 7.12. The molecule has 112 valence electrons. The van der Waals surface area contributed by atoms with E-state index in [2.05, 4.69) is 11.0 Å². The Bertz CT molecular complexity index is 581. The van der Waals surface area contributed by atoms with Crippen LogP contribution in [0.3, 0.4) is 0 Å². The van der Waals surface area contributed by atoms with Crippen LogP contribution in [0.5, 0.6) is 0 Å².